The molecule has 2 saturated carbocycles. The SMILES string of the molecule is Nc1cc(S(=O)(=O)NCC(C2CC2)C2CC2)c(Br)cc1F. The molecule has 116 valence electrons. The van der Waals surface area contributed by atoms with Crippen molar-refractivity contribution in [3.8, 4) is 0 Å². The third kappa shape index (κ3) is 3.40. The molecular weight excluding hydrogens is 359 g/mol. The van der Waals surface area contributed by atoms with Gasteiger partial charge in [0.25, 0.3) is 0 Å². The number of hydrogen-bond donors (Lipinski definition) is 2. The lowest BCUT2D eigenvalue weighted by Crippen LogP contribution is -2.31. The molecule has 0 atom stereocenters. The summed E-state index contributed by atoms with van der Waals surface area (Å²) >= 11 is 3.09. The fourth-order valence-electron chi connectivity index (χ4n) is 2.80. The Morgan fingerprint density at radius 2 is 1.86 bits per heavy atom. The molecule has 4 nitrogen and oxygen atoms in total. The summed E-state index contributed by atoms with van der Waals surface area (Å²) < 4.78 is 41.0. The van der Waals surface area contributed by atoms with Crippen LogP contribution in [0.25, 0.3) is 0 Å². The molecule has 0 aliphatic heterocycles. The number of rotatable bonds is 6. The fourth-order valence-corrected chi connectivity index (χ4v) is 4.92. The Labute approximate surface area is 132 Å². The molecule has 0 aromatic heterocycles. The smallest absolute Gasteiger partial charge is 0.241 e. The van der Waals surface area contributed by atoms with Crippen LogP contribution >= 0.6 is 15.9 Å². The van der Waals surface area contributed by atoms with Gasteiger partial charge in [0.05, 0.1) is 10.6 Å². The van der Waals surface area contributed by atoms with Gasteiger partial charge < -0.3 is 5.73 Å². The average molecular weight is 377 g/mol. The molecule has 1 aromatic carbocycles. The molecule has 0 heterocycles. The van der Waals surface area contributed by atoms with E-state index in [-0.39, 0.29) is 15.1 Å². The molecular formula is C14H18BrFN2O2S. The molecule has 0 unspecified atom stereocenters. The molecule has 0 bridgehead atoms. The molecule has 2 aliphatic rings. The molecule has 3 N–H and O–H groups in total. The number of nitrogens with one attached hydrogen (secondary N) is 1. The first-order valence-electron chi connectivity index (χ1n) is 7.12. The van der Waals surface area contributed by atoms with Crippen LogP contribution in [0.15, 0.2) is 21.5 Å². The highest BCUT2D eigenvalue weighted by Gasteiger charge is 2.41. The first-order valence-corrected chi connectivity index (χ1v) is 9.40. The maximum absolute atomic E-state index is 13.3. The number of anilines is 1. The van der Waals surface area contributed by atoms with Crippen LogP contribution in [-0.2, 0) is 10.0 Å². The summed E-state index contributed by atoms with van der Waals surface area (Å²) in [6, 6.07) is 2.24. The van der Waals surface area contributed by atoms with Crippen molar-refractivity contribution in [2.24, 2.45) is 17.8 Å². The van der Waals surface area contributed by atoms with Crippen LogP contribution in [0.5, 0.6) is 0 Å². The van der Waals surface area contributed by atoms with Gasteiger partial charge in [0.15, 0.2) is 0 Å². The van der Waals surface area contributed by atoms with Gasteiger partial charge in [-0.25, -0.2) is 17.5 Å². The monoisotopic (exact) mass is 376 g/mol. The van der Waals surface area contributed by atoms with Gasteiger partial charge in [-0.05, 0) is 71.5 Å². The van der Waals surface area contributed by atoms with E-state index in [1.807, 2.05) is 0 Å². The minimum absolute atomic E-state index is 0.00764. The molecule has 0 saturated heterocycles. The quantitative estimate of drug-likeness (QED) is 0.749. The number of nitrogen functional groups attached to an aromatic ring is 1. The van der Waals surface area contributed by atoms with E-state index >= 15 is 0 Å². The van der Waals surface area contributed by atoms with Crippen molar-refractivity contribution < 1.29 is 12.8 Å². The van der Waals surface area contributed by atoms with Crippen molar-refractivity contribution in [3.05, 3.63) is 22.4 Å². The number of nitrogens with two attached hydrogens (primary N) is 1. The maximum Gasteiger partial charge on any atom is 0.241 e. The number of hydrogen-bond acceptors (Lipinski definition) is 3. The van der Waals surface area contributed by atoms with Crippen LogP contribution in [0.1, 0.15) is 25.7 Å². The first kappa shape index (κ1) is 15.2. The standard InChI is InChI=1S/C14H18BrFN2O2S/c15-11-5-12(16)13(17)6-14(11)21(19,20)18-7-10(8-1-2-8)9-3-4-9/h5-6,8-10,18H,1-4,7,17H2. The highest BCUT2D eigenvalue weighted by molar-refractivity contribution is 9.10. The minimum Gasteiger partial charge on any atom is -0.396 e. The molecule has 0 spiro atoms. The largest absolute Gasteiger partial charge is 0.396 e. The molecule has 21 heavy (non-hydrogen) atoms. The van der Waals surface area contributed by atoms with E-state index in [9.17, 15) is 12.8 Å². The van der Waals surface area contributed by atoms with Crippen LogP contribution in [-0.4, -0.2) is 15.0 Å². The van der Waals surface area contributed by atoms with Gasteiger partial charge >= 0.3 is 0 Å². The Morgan fingerprint density at radius 1 is 1.29 bits per heavy atom. The lowest BCUT2D eigenvalue weighted by Gasteiger charge is -2.17. The van der Waals surface area contributed by atoms with E-state index in [1.54, 1.807) is 0 Å². The summed E-state index contributed by atoms with van der Waals surface area (Å²) in [5, 5.41) is 0. The highest BCUT2D eigenvalue weighted by atomic mass is 79.9. The molecule has 0 amide bonds. The topological polar surface area (TPSA) is 72.2 Å². The van der Waals surface area contributed by atoms with Crippen molar-refractivity contribution in [2.45, 2.75) is 30.6 Å². The Hall–Kier alpha value is -0.660. The minimum atomic E-state index is -3.68. The summed E-state index contributed by atoms with van der Waals surface area (Å²) in [4.78, 5) is -0.00764. The second-order valence-corrected chi connectivity index (χ2v) is 8.58. The Morgan fingerprint density at radius 3 is 2.38 bits per heavy atom. The van der Waals surface area contributed by atoms with Crippen molar-refractivity contribution in [3.63, 3.8) is 0 Å². The summed E-state index contributed by atoms with van der Waals surface area (Å²) in [7, 11) is -3.68. The summed E-state index contributed by atoms with van der Waals surface area (Å²) in [5.74, 6) is 1.15. The Bertz CT molecular complexity index is 645. The van der Waals surface area contributed by atoms with E-state index in [0.29, 0.717) is 24.3 Å². The summed E-state index contributed by atoms with van der Waals surface area (Å²) in [6.45, 7) is 0.460. The van der Waals surface area contributed by atoms with Crippen molar-refractivity contribution in [1.29, 1.82) is 0 Å². The lowest BCUT2D eigenvalue weighted by atomic mass is 9.99. The highest BCUT2D eigenvalue weighted by Crippen LogP contribution is 2.49. The van der Waals surface area contributed by atoms with E-state index in [0.717, 1.165) is 12.1 Å². The molecule has 2 aliphatic carbocycles. The average Bonchev–Trinajstić information content (AvgIpc) is 3.25. The van der Waals surface area contributed by atoms with Gasteiger partial charge in [0, 0.05) is 11.0 Å². The van der Waals surface area contributed by atoms with E-state index < -0.39 is 15.8 Å². The number of halogens is 2. The molecule has 1 aromatic rings. The zero-order valence-corrected chi connectivity index (χ0v) is 13.9. The Kier molecular flexibility index (Phi) is 4.00. The third-order valence-corrected chi connectivity index (χ3v) is 6.69. The molecule has 3 rings (SSSR count). The lowest BCUT2D eigenvalue weighted by molar-refractivity contribution is 0.401. The van der Waals surface area contributed by atoms with Crippen LogP contribution in [0, 0.1) is 23.6 Å². The fraction of sp³-hybridized carbons (Fsp3) is 0.571. The van der Waals surface area contributed by atoms with Crippen molar-refractivity contribution >= 4 is 31.6 Å². The zero-order chi connectivity index (χ0) is 15.2. The van der Waals surface area contributed by atoms with E-state index in [2.05, 4.69) is 20.7 Å². The van der Waals surface area contributed by atoms with Gasteiger partial charge in [-0.2, -0.15) is 0 Å². The zero-order valence-electron chi connectivity index (χ0n) is 11.5. The predicted octanol–water partition coefficient (Wildman–Crippen LogP) is 2.88. The second-order valence-electron chi connectivity index (χ2n) is 5.99. The molecule has 0 radical (unpaired) electrons. The van der Waals surface area contributed by atoms with Gasteiger partial charge in [-0.1, -0.05) is 0 Å². The van der Waals surface area contributed by atoms with Crippen LogP contribution in [0.2, 0.25) is 0 Å². The number of benzene rings is 1. The van der Waals surface area contributed by atoms with Gasteiger partial charge in [0.2, 0.25) is 10.0 Å². The third-order valence-electron chi connectivity index (χ3n) is 4.30. The second kappa shape index (κ2) is 5.52. The maximum atomic E-state index is 13.3. The molecule has 7 heteroatoms. The van der Waals surface area contributed by atoms with Crippen LogP contribution in [0.4, 0.5) is 10.1 Å². The van der Waals surface area contributed by atoms with Gasteiger partial charge in [0.1, 0.15) is 5.82 Å². The van der Waals surface area contributed by atoms with Crippen molar-refractivity contribution in [1.82, 2.24) is 4.72 Å². The van der Waals surface area contributed by atoms with Crippen molar-refractivity contribution in [2.75, 3.05) is 12.3 Å². The Balaban J connectivity index is 1.75. The summed E-state index contributed by atoms with van der Waals surface area (Å²) in [5.41, 5.74) is 5.30. The van der Waals surface area contributed by atoms with Crippen LogP contribution in [0.3, 0.4) is 0 Å². The normalized spacial score (nSPS) is 19.2. The molecule has 2 fully saturated rings. The van der Waals surface area contributed by atoms with Crippen LogP contribution < -0.4 is 10.5 Å². The van der Waals surface area contributed by atoms with E-state index in [4.69, 9.17) is 5.73 Å². The van der Waals surface area contributed by atoms with E-state index in [1.165, 1.54) is 25.7 Å². The first-order chi connectivity index (χ1) is 9.88. The van der Waals surface area contributed by atoms with Gasteiger partial charge in [-0.3, -0.25) is 0 Å². The predicted molar refractivity (Wildman–Crippen MR) is 82.6 cm³/mol. The number of sulfonamides is 1. The van der Waals surface area contributed by atoms with Gasteiger partial charge in [-0.15, -0.1) is 0 Å². The summed E-state index contributed by atoms with van der Waals surface area (Å²) in [6.07, 6.45) is 4.82.